The minimum absolute atomic E-state index is 0.0824. The van der Waals surface area contributed by atoms with Crippen LogP contribution in [0.4, 0.5) is 19.3 Å². The van der Waals surface area contributed by atoms with Gasteiger partial charge in [-0.3, -0.25) is 0 Å². The van der Waals surface area contributed by atoms with Crippen LogP contribution in [-0.4, -0.2) is 24.1 Å². The van der Waals surface area contributed by atoms with Crippen molar-refractivity contribution in [1.82, 2.24) is 4.90 Å². The van der Waals surface area contributed by atoms with Crippen molar-refractivity contribution in [3.05, 3.63) is 65.2 Å². The van der Waals surface area contributed by atoms with Gasteiger partial charge in [-0.15, -0.1) is 0 Å². The monoisotopic (exact) mass is 346 g/mol. The summed E-state index contributed by atoms with van der Waals surface area (Å²) in [5, 5.41) is 2.88. The number of rotatable bonds is 6. The highest BCUT2D eigenvalue weighted by molar-refractivity contribution is 5.90. The number of carbonyl (C=O) groups excluding carboxylic acids is 1. The molecule has 1 aliphatic rings. The van der Waals surface area contributed by atoms with Gasteiger partial charge in [0.05, 0.1) is 13.2 Å². The van der Waals surface area contributed by atoms with Crippen LogP contribution in [-0.2, 0) is 17.9 Å². The van der Waals surface area contributed by atoms with Crippen molar-refractivity contribution in [2.45, 2.75) is 32.0 Å². The second-order valence-electron chi connectivity index (χ2n) is 6.12. The summed E-state index contributed by atoms with van der Waals surface area (Å²) >= 11 is 0. The molecule has 0 radical (unpaired) electrons. The van der Waals surface area contributed by atoms with Gasteiger partial charge >= 0.3 is 6.03 Å². The summed E-state index contributed by atoms with van der Waals surface area (Å²) in [4.78, 5) is 14.3. The molecule has 0 aromatic heterocycles. The Labute approximate surface area is 145 Å². The molecule has 3 rings (SSSR count). The Morgan fingerprint density at radius 1 is 1.20 bits per heavy atom. The van der Waals surface area contributed by atoms with E-state index in [1.54, 1.807) is 18.1 Å². The quantitative estimate of drug-likeness (QED) is 0.847. The third-order valence-corrected chi connectivity index (χ3v) is 4.16. The van der Waals surface area contributed by atoms with Gasteiger partial charge in [0.2, 0.25) is 0 Å². The molecule has 4 nitrogen and oxygen atoms in total. The second kappa shape index (κ2) is 7.61. The van der Waals surface area contributed by atoms with E-state index >= 15 is 0 Å². The minimum Gasteiger partial charge on any atom is -0.380 e. The van der Waals surface area contributed by atoms with Crippen LogP contribution in [0.15, 0.2) is 42.5 Å². The van der Waals surface area contributed by atoms with Gasteiger partial charge in [0, 0.05) is 36.0 Å². The molecule has 0 spiro atoms. The first-order chi connectivity index (χ1) is 12.1. The molecule has 0 saturated heterocycles. The molecule has 6 heteroatoms. The third-order valence-electron chi connectivity index (χ3n) is 4.16. The van der Waals surface area contributed by atoms with Gasteiger partial charge in [0.15, 0.2) is 0 Å². The van der Waals surface area contributed by atoms with Crippen LogP contribution in [0.5, 0.6) is 0 Å². The van der Waals surface area contributed by atoms with Crippen molar-refractivity contribution < 1.29 is 18.3 Å². The number of methoxy groups -OCH3 is 1. The average molecular weight is 346 g/mol. The number of nitrogens with one attached hydrogen (secondary N) is 1. The Hall–Kier alpha value is -2.47. The molecule has 0 heterocycles. The maximum Gasteiger partial charge on any atom is 0.322 e. The summed E-state index contributed by atoms with van der Waals surface area (Å²) in [6, 6.07) is 10.6. The average Bonchev–Trinajstić information content (AvgIpc) is 3.41. The highest BCUT2D eigenvalue weighted by Crippen LogP contribution is 2.30. The number of benzene rings is 2. The molecule has 1 fully saturated rings. The lowest BCUT2D eigenvalue weighted by Crippen LogP contribution is -2.36. The summed E-state index contributed by atoms with van der Waals surface area (Å²) in [5.74, 6) is -1.27. The van der Waals surface area contributed by atoms with Crippen LogP contribution >= 0.6 is 0 Å². The number of hydrogen-bond acceptors (Lipinski definition) is 2. The van der Waals surface area contributed by atoms with Crippen LogP contribution in [0.1, 0.15) is 24.0 Å². The van der Waals surface area contributed by atoms with E-state index in [1.165, 1.54) is 12.1 Å². The zero-order valence-electron chi connectivity index (χ0n) is 14.0. The van der Waals surface area contributed by atoms with Crippen molar-refractivity contribution in [2.75, 3.05) is 12.4 Å². The first-order valence-corrected chi connectivity index (χ1v) is 8.17. The Bertz CT molecular complexity index is 763. The van der Waals surface area contributed by atoms with E-state index in [-0.39, 0.29) is 18.6 Å². The number of ether oxygens (including phenoxy) is 1. The highest BCUT2D eigenvalue weighted by atomic mass is 19.1. The van der Waals surface area contributed by atoms with Gasteiger partial charge in [-0.1, -0.05) is 24.3 Å². The standard InChI is InChI=1S/C19H20F2N2O2/c1-25-12-14-4-2-3-5-18(14)22-19(24)23(16-8-9-16)11-13-6-7-15(20)10-17(13)21/h2-7,10,16H,8-9,11-12H2,1H3,(H,22,24). The maximum atomic E-state index is 13.9. The fourth-order valence-corrected chi connectivity index (χ4v) is 2.70. The maximum absolute atomic E-state index is 13.9. The summed E-state index contributed by atoms with van der Waals surface area (Å²) < 4.78 is 32.2. The molecule has 0 bridgehead atoms. The second-order valence-corrected chi connectivity index (χ2v) is 6.12. The minimum atomic E-state index is -0.641. The summed E-state index contributed by atoms with van der Waals surface area (Å²) in [6.45, 7) is 0.488. The van der Waals surface area contributed by atoms with Crippen LogP contribution in [0.3, 0.4) is 0 Å². The Morgan fingerprint density at radius 3 is 2.64 bits per heavy atom. The lowest BCUT2D eigenvalue weighted by atomic mass is 10.2. The molecule has 0 atom stereocenters. The van der Waals surface area contributed by atoms with Gasteiger partial charge in [-0.25, -0.2) is 13.6 Å². The Kier molecular flexibility index (Phi) is 5.28. The number of anilines is 1. The molecule has 2 aromatic carbocycles. The largest absolute Gasteiger partial charge is 0.380 e. The number of amides is 2. The van der Waals surface area contributed by atoms with E-state index in [0.717, 1.165) is 24.5 Å². The number of hydrogen-bond donors (Lipinski definition) is 1. The number of halogens is 2. The van der Waals surface area contributed by atoms with E-state index < -0.39 is 11.6 Å². The van der Waals surface area contributed by atoms with E-state index in [1.807, 2.05) is 18.2 Å². The van der Waals surface area contributed by atoms with Gasteiger partial charge in [0.1, 0.15) is 11.6 Å². The van der Waals surface area contributed by atoms with Crippen molar-refractivity contribution in [2.24, 2.45) is 0 Å². The first-order valence-electron chi connectivity index (χ1n) is 8.17. The fraction of sp³-hybridized carbons (Fsp3) is 0.316. The van der Waals surface area contributed by atoms with Crippen LogP contribution in [0.25, 0.3) is 0 Å². The molecule has 1 aliphatic carbocycles. The topological polar surface area (TPSA) is 41.6 Å². The van der Waals surface area contributed by atoms with Crippen LogP contribution < -0.4 is 5.32 Å². The Balaban J connectivity index is 1.76. The van der Waals surface area contributed by atoms with Crippen molar-refractivity contribution in [3.8, 4) is 0 Å². The van der Waals surface area contributed by atoms with Crippen molar-refractivity contribution in [3.63, 3.8) is 0 Å². The molecule has 2 aromatic rings. The first kappa shape index (κ1) is 17.4. The van der Waals surface area contributed by atoms with Gasteiger partial charge < -0.3 is 15.0 Å². The van der Waals surface area contributed by atoms with E-state index in [2.05, 4.69) is 5.32 Å². The highest BCUT2D eigenvalue weighted by Gasteiger charge is 2.33. The predicted molar refractivity (Wildman–Crippen MR) is 91.1 cm³/mol. The fourth-order valence-electron chi connectivity index (χ4n) is 2.70. The van der Waals surface area contributed by atoms with Gasteiger partial charge in [0.25, 0.3) is 0 Å². The normalized spacial score (nSPS) is 13.6. The predicted octanol–water partition coefficient (Wildman–Crippen LogP) is 4.31. The van der Waals surface area contributed by atoms with Crippen LogP contribution in [0, 0.1) is 11.6 Å². The van der Waals surface area contributed by atoms with Crippen molar-refractivity contribution in [1.29, 1.82) is 0 Å². The van der Waals surface area contributed by atoms with Crippen LogP contribution in [0.2, 0.25) is 0 Å². The lowest BCUT2D eigenvalue weighted by molar-refractivity contribution is 0.185. The molecule has 0 aliphatic heterocycles. The zero-order valence-corrected chi connectivity index (χ0v) is 14.0. The number of nitrogens with zero attached hydrogens (tertiary/aromatic N) is 1. The summed E-state index contributed by atoms with van der Waals surface area (Å²) in [5.41, 5.74) is 1.83. The molecular weight excluding hydrogens is 326 g/mol. The zero-order chi connectivity index (χ0) is 17.8. The molecule has 2 amide bonds. The van der Waals surface area contributed by atoms with Crippen molar-refractivity contribution >= 4 is 11.7 Å². The molecule has 0 unspecified atom stereocenters. The Morgan fingerprint density at radius 2 is 1.96 bits per heavy atom. The molecule has 25 heavy (non-hydrogen) atoms. The molecule has 1 saturated carbocycles. The van der Waals surface area contributed by atoms with Gasteiger partial charge in [-0.2, -0.15) is 0 Å². The molecule has 1 N–H and O–H groups in total. The molecule has 132 valence electrons. The summed E-state index contributed by atoms with van der Waals surface area (Å²) in [7, 11) is 1.59. The third kappa shape index (κ3) is 4.33. The number of urea groups is 1. The number of para-hydroxylation sites is 1. The van der Waals surface area contributed by atoms with E-state index in [9.17, 15) is 13.6 Å². The summed E-state index contributed by atoms with van der Waals surface area (Å²) in [6.07, 6.45) is 1.77. The van der Waals surface area contributed by atoms with E-state index in [4.69, 9.17) is 4.74 Å². The number of carbonyl (C=O) groups is 1. The molecular formula is C19H20F2N2O2. The van der Waals surface area contributed by atoms with Gasteiger partial charge in [-0.05, 0) is 25.0 Å². The smallest absolute Gasteiger partial charge is 0.322 e. The lowest BCUT2D eigenvalue weighted by Gasteiger charge is -2.24. The van der Waals surface area contributed by atoms with E-state index in [0.29, 0.717) is 17.9 Å². The SMILES string of the molecule is COCc1ccccc1NC(=O)N(Cc1ccc(F)cc1F)C1CC1.